The lowest BCUT2D eigenvalue weighted by Gasteiger charge is -2.12. The molecule has 5 heteroatoms. The summed E-state index contributed by atoms with van der Waals surface area (Å²) in [5, 5.41) is 11.9. The van der Waals surface area contributed by atoms with Crippen LogP contribution in [0.4, 0.5) is 0 Å². The molecule has 0 heterocycles. The highest BCUT2D eigenvalue weighted by Crippen LogP contribution is 2.18. The Morgan fingerprint density at radius 1 is 1.04 bits per heavy atom. The van der Waals surface area contributed by atoms with Gasteiger partial charge in [0.2, 0.25) is 0 Å². The van der Waals surface area contributed by atoms with Gasteiger partial charge in [-0.3, -0.25) is 4.79 Å². The van der Waals surface area contributed by atoms with Crippen molar-refractivity contribution in [3.8, 4) is 5.75 Å². The van der Waals surface area contributed by atoms with Crippen LogP contribution in [-0.2, 0) is 6.42 Å². The standard InChI is InChI=1S/C19H21NO4/c1-2-13-24-17-10-6-3-7-14(17)11-12-20-18(21)15-8-4-5-9-16(15)19(22)23/h3-10H,2,11-13H2,1H3,(H,20,21)(H,22,23). The van der Waals surface area contributed by atoms with Gasteiger partial charge < -0.3 is 15.2 Å². The number of amides is 1. The van der Waals surface area contributed by atoms with Crippen LogP contribution in [0.15, 0.2) is 48.5 Å². The molecule has 24 heavy (non-hydrogen) atoms. The van der Waals surface area contributed by atoms with E-state index in [1.807, 2.05) is 31.2 Å². The molecular weight excluding hydrogens is 306 g/mol. The first-order valence-electron chi connectivity index (χ1n) is 7.94. The molecule has 0 aliphatic carbocycles. The molecule has 2 aromatic carbocycles. The van der Waals surface area contributed by atoms with Crippen LogP contribution in [0.1, 0.15) is 39.6 Å². The Morgan fingerprint density at radius 3 is 2.42 bits per heavy atom. The van der Waals surface area contributed by atoms with Gasteiger partial charge in [0.15, 0.2) is 0 Å². The number of carboxylic acids is 1. The number of para-hydroxylation sites is 1. The summed E-state index contributed by atoms with van der Waals surface area (Å²) >= 11 is 0. The van der Waals surface area contributed by atoms with Crippen LogP contribution in [0.5, 0.6) is 5.75 Å². The zero-order chi connectivity index (χ0) is 17.4. The lowest BCUT2D eigenvalue weighted by atomic mass is 10.1. The third-order valence-electron chi connectivity index (χ3n) is 3.52. The largest absolute Gasteiger partial charge is 0.493 e. The number of hydrogen-bond acceptors (Lipinski definition) is 3. The summed E-state index contributed by atoms with van der Waals surface area (Å²) in [4.78, 5) is 23.4. The van der Waals surface area contributed by atoms with Crippen molar-refractivity contribution < 1.29 is 19.4 Å². The zero-order valence-electron chi connectivity index (χ0n) is 13.6. The highest BCUT2D eigenvalue weighted by Gasteiger charge is 2.15. The van der Waals surface area contributed by atoms with E-state index in [-0.39, 0.29) is 17.0 Å². The van der Waals surface area contributed by atoms with E-state index in [1.165, 1.54) is 12.1 Å². The van der Waals surface area contributed by atoms with E-state index in [2.05, 4.69) is 5.32 Å². The first-order valence-corrected chi connectivity index (χ1v) is 7.94. The number of ether oxygens (including phenoxy) is 1. The predicted octanol–water partition coefficient (Wildman–Crippen LogP) is 3.15. The topological polar surface area (TPSA) is 75.6 Å². The summed E-state index contributed by atoms with van der Waals surface area (Å²) in [5.74, 6) is -0.682. The Hall–Kier alpha value is -2.82. The van der Waals surface area contributed by atoms with Crippen LogP contribution in [0, 0.1) is 0 Å². The first-order chi connectivity index (χ1) is 11.6. The van der Waals surface area contributed by atoms with Gasteiger partial charge in [0, 0.05) is 6.54 Å². The van der Waals surface area contributed by atoms with Crippen molar-refractivity contribution in [3.63, 3.8) is 0 Å². The fraction of sp³-hybridized carbons (Fsp3) is 0.263. The maximum atomic E-state index is 12.2. The monoisotopic (exact) mass is 327 g/mol. The van der Waals surface area contributed by atoms with E-state index in [0.717, 1.165) is 17.7 Å². The van der Waals surface area contributed by atoms with E-state index in [0.29, 0.717) is 19.6 Å². The average molecular weight is 327 g/mol. The minimum atomic E-state index is -1.11. The van der Waals surface area contributed by atoms with Gasteiger partial charge >= 0.3 is 5.97 Å². The van der Waals surface area contributed by atoms with Gasteiger partial charge in [-0.2, -0.15) is 0 Å². The molecule has 0 bridgehead atoms. The molecule has 2 rings (SSSR count). The number of carboxylic acid groups (broad SMARTS) is 1. The summed E-state index contributed by atoms with van der Waals surface area (Å²) in [6.45, 7) is 3.09. The van der Waals surface area contributed by atoms with E-state index < -0.39 is 5.97 Å². The van der Waals surface area contributed by atoms with Crippen molar-refractivity contribution >= 4 is 11.9 Å². The van der Waals surface area contributed by atoms with Crippen LogP contribution in [-0.4, -0.2) is 30.1 Å². The van der Waals surface area contributed by atoms with Crippen LogP contribution in [0.2, 0.25) is 0 Å². The molecule has 0 aliphatic heterocycles. The number of hydrogen-bond donors (Lipinski definition) is 2. The van der Waals surface area contributed by atoms with E-state index in [4.69, 9.17) is 9.84 Å². The third-order valence-corrected chi connectivity index (χ3v) is 3.52. The van der Waals surface area contributed by atoms with Crippen molar-refractivity contribution in [3.05, 3.63) is 65.2 Å². The average Bonchev–Trinajstić information content (AvgIpc) is 2.60. The fourth-order valence-electron chi connectivity index (χ4n) is 2.34. The van der Waals surface area contributed by atoms with Crippen molar-refractivity contribution in [2.24, 2.45) is 0 Å². The molecule has 0 radical (unpaired) electrons. The Labute approximate surface area is 141 Å². The molecule has 0 saturated heterocycles. The van der Waals surface area contributed by atoms with Crippen LogP contribution >= 0.6 is 0 Å². The summed E-state index contributed by atoms with van der Waals surface area (Å²) in [6.07, 6.45) is 1.54. The summed E-state index contributed by atoms with van der Waals surface area (Å²) in [5.41, 5.74) is 1.18. The predicted molar refractivity (Wildman–Crippen MR) is 91.7 cm³/mol. The summed E-state index contributed by atoms with van der Waals surface area (Å²) in [7, 11) is 0. The molecule has 0 aliphatic rings. The van der Waals surface area contributed by atoms with E-state index in [9.17, 15) is 9.59 Å². The van der Waals surface area contributed by atoms with Gasteiger partial charge in [-0.05, 0) is 36.6 Å². The maximum absolute atomic E-state index is 12.2. The van der Waals surface area contributed by atoms with Crippen molar-refractivity contribution in [1.82, 2.24) is 5.32 Å². The van der Waals surface area contributed by atoms with Gasteiger partial charge in [-0.1, -0.05) is 37.3 Å². The van der Waals surface area contributed by atoms with Gasteiger partial charge in [0.05, 0.1) is 17.7 Å². The Morgan fingerprint density at radius 2 is 1.71 bits per heavy atom. The van der Waals surface area contributed by atoms with Crippen molar-refractivity contribution in [2.75, 3.05) is 13.2 Å². The Balaban J connectivity index is 1.98. The minimum absolute atomic E-state index is 0.00155. The number of carbonyl (C=O) groups is 2. The maximum Gasteiger partial charge on any atom is 0.336 e. The molecule has 0 unspecified atom stereocenters. The van der Waals surface area contributed by atoms with Gasteiger partial charge in [-0.25, -0.2) is 4.79 Å². The second kappa shape index (κ2) is 8.72. The second-order valence-electron chi connectivity index (χ2n) is 5.31. The number of benzene rings is 2. The molecule has 126 valence electrons. The molecule has 0 aromatic heterocycles. The van der Waals surface area contributed by atoms with E-state index >= 15 is 0 Å². The number of rotatable bonds is 8. The lowest BCUT2D eigenvalue weighted by molar-refractivity contribution is 0.0691. The lowest BCUT2D eigenvalue weighted by Crippen LogP contribution is -2.27. The minimum Gasteiger partial charge on any atom is -0.493 e. The normalized spacial score (nSPS) is 10.2. The van der Waals surface area contributed by atoms with Crippen LogP contribution < -0.4 is 10.1 Å². The quantitative estimate of drug-likeness (QED) is 0.781. The number of carbonyl (C=O) groups excluding carboxylic acids is 1. The van der Waals surface area contributed by atoms with E-state index in [1.54, 1.807) is 12.1 Å². The molecule has 0 fully saturated rings. The Kier molecular flexibility index (Phi) is 6.37. The first kappa shape index (κ1) is 17.5. The van der Waals surface area contributed by atoms with Crippen molar-refractivity contribution in [2.45, 2.75) is 19.8 Å². The van der Waals surface area contributed by atoms with Gasteiger partial charge in [-0.15, -0.1) is 0 Å². The third kappa shape index (κ3) is 4.59. The SMILES string of the molecule is CCCOc1ccccc1CCNC(=O)c1ccccc1C(=O)O. The highest BCUT2D eigenvalue weighted by atomic mass is 16.5. The molecule has 0 spiro atoms. The fourth-order valence-corrected chi connectivity index (χ4v) is 2.34. The van der Waals surface area contributed by atoms with Gasteiger partial charge in [0.1, 0.15) is 5.75 Å². The van der Waals surface area contributed by atoms with Crippen LogP contribution in [0.25, 0.3) is 0 Å². The zero-order valence-corrected chi connectivity index (χ0v) is 13.6. The molecule has 2 N–H and O–H groups in total. The number of aromatic carboxylic acids is 1. The summed E-state index contributed by atoms with van der Waals surface area (Å²) < 4.78 is 5.69. The molecule has 0 atom stereocenters. The number of nitrogens with one attached hydrogen (secondary N) is 1. The molecule has 2 aromatic rings. The second-order valence-corrected chi connectivity index (χ2v) is 5.31. The molecule has 1 amide bonds. The highest BCUT2D eigenvalue weighted by molar-refractivity contribution is 6.04. The Bertz CT molecular complexity index is 712. The van der Waals surface area contributed by atoms with Crippen LogP contribution in [0.3, 0.4) is 0 Å². The molecular formula is C19H21NO4. The van der Waals surface area contributed by atoms with Gasteiger partial charge in [0.25, 0.3) is 5.91 Å². The summed E-state index contributed by atoms with van der Waals surface area (Å²) in [6, 6.07) is 13.9. The molecule has 5 nitrogen and oxygen atoms in total. The smallest absolute Gasteiger partial charge is 0.336 e. The van der Waals surface area contributed by atoms with Crippen molar-refractivity contribution in [1.29, 1.82) is 0 Å². The molecule has 0 saturated carbocycles.